The van der Waals surface area contributed by atoms with E-state index in [2.05, 4.69) is 13.9 Å². The Morgan fingerprint density at radius 2 is 2.20 bits per heavy atom. The molecule has 0 spiro atoms. The molecule has 3 heterocycles. The molecule has 9 heteroatoms. The molecule has 25 heavy (non-hydrogen) atoms. The fourth-order valence-electron chi connectivity index (χ4n) is 3.54. The fraction of sp³-hybridized carbons (Fsp3) is 0.438. The average molecular weight is 378 g/mol. The zero-order chi connectivity index (χ0) is 17.6. The van der Waals surface area contributed by atoms with Crippen molar-refractivity contribution in [2.45, 2.75) is 44.0 Å². The maximum Gasteiger partial charge on any atom is 0.245 e. The van der Waals surface area contributed by atoms with E-state index in [0.29, 0.717) is 24.0 Å². The van der Waals surface area contributed by atoms with E-state index < -0.39 is 10.0 Å². The lowest BCUT2D eigenvalue weighted by atomic mass is 10.0. The Kier molecular flexibility index (Phi) is 4.09. The highest BCUT2D eigenvalue weighted by Gasteiger charge is 2.40. The molecular weight excluding hydrogens is 360 g/mol. The molecule has 0 amide bonds. The lowest BCUT2D eigenvalue weighted by Crippen LogP contribution is -2.31. The van der Waals surface area contributed by atoms with Crippen LogP contribution in [0.3, 0.4) is 0 Å². The molecule has 4 rings (SSSR count). The van der Waals surface area contributed by atoms with Crippen LogP contribution in [-0.4, -0.2) is 33.2 Å². The molecule has 0 radical (unpaired) electrons. The third kappa shape index (κ3) is 2.57. The van der Waals surface area contributed by atoms with E-state index >= 15 is 0 Å². The first-order valence-corrected chi connectivity index (χ1v) is 10.4. The van der Waals surface area contributed by atoms with Gasteiger partial charge in [-0.05, 0) is 31.9 Å². The Morgan fingerprint density at radius 1 is 1.36 bits per heavy atom. The van der Waals surface area contributed by atoms with Crippen LogP contribution in [0.1, 0.15) is 42.8 Å². The summed E-state index contributed by atoms with van der Waals surface area (Å²) in [6, 6.07) is 4.85. The van der Waals surface area contributed by atoms with Crippen LogP contribution in [0.2, 0.25) is 0 Å². The van der Waals surface area contributed by atoms with Crippen LogP contribution in [0, 0.1) is 6.92 Å². The highest BCUT2D eigenvalue weighted by molar-refractivity contribution is 7.89. The lowest BCUT2D eigenvalue weighted by molar-refractivity contribution is 0.368. The second-order valence-electron chi connectivity index (χ2n) is 6.12. The van der Waals surface area contributed by atoms with Crippen molar-refractivity contribution in [3.63, 3.8) is 0 Å². The lowest BCUT2D eigenvalue weighted by Gasteiger charge is -2.24. The number of benzene rings is 1. The highest BCUT2D eigenvalue weighted by atomic mass is 32.2. The Morgan fingerprint density at radius 3 is 3.00 bits per heavy atom. The molecule has 2 aromatic heterocycles. The summed E-state index contributed by atoms with van der Waals surface area (Å²) in [4.78, 5) is 0.220. The fourth-order valence-corrected chi connectivity index (χ4v) is 5.96. The van der Waals surface area contributed by atoms with Crippen LogP contribution in [0.15, 0.2) is 27.6 Å². The normalized spacial score (nSPS) is 19.0. The third-order valence-corrected chi connectivity index (χ3v) is 7.16. The largest absolute Gasteiger partial charge is 0.361 e. The van der Waals surface area contributed by atoms with Crippen molar-refractivity contribution in [3.8, 4) is 0 Å². The predicted octanol–water partition coefficient (Wildman–Crippen LogP) is 3.08. The molecule has 1 atom stereocenters. The van der Waals surface area contributed by atoms with Gasteiger partial charge in [-0.3, -0.25) is 0 Å². The van der Waals surface area contributed by atoms with Gasteiger partial charge in [0.1, 0.15) is 21.7 Å². The summed E-state index contributed by atoms with van der Waals surface area (Å²) in [6.45, 7) is 4.33. The zero-order valence-electron chi connectivity index (χ0n) is 14.0. The van der Waals surface area contributed by atoms with Crippen molar-refractivity contribution < 1.29 is 12.9 Å². The summed E-state index contributed by atoms with van der Waals surface area (Å²) in [5.74, 6) is 0.762. The van der Waals surface area contributed by atoms with Crippen LogP contribution >= 0.6 is 11.7 Å². The molecule has 1 fully saturated rings. The van der Waals surface area contributed by atoms with Gasteiger partial charge < -0.3 is 4.52 Å². The number of aromatic nitrogens is 3. The maximum atomic E-state index is 13.4. The maximum absolute atomic E-state index is 13.4. The molecule has 1 aromatic carbocycles. The number of aryl methyl sites for hydroxylation is 2. The summed E-state index contributed by atoms with van der Waals surface area (Å²) < 4.78 is 42.0. The van der Waals surface area contributed by atoms with Crippen molar-refractivity contribution in [1.82, 2.24) is 18.2 Å². The number of fused-ring (bicyclic) bond motifs is 1. The number of hydrogen-bond donors (Lipinski definition) is 0. The van der Waals surface area contributed by atoms with Gasteiger partial charge in [-0.2, -0.15) is 13.1 Å². The number of sulfonamides is 1. The van der Waals surface area contributed by atoms with Crippen molar-refractivity contribution in [3.05, 3.63) is 35.2 Å². The average Bonchev–Trinajstić information content (AvgIpc) is 3.32. The number of rotatable bonds is 4. The van der Waals surface area contributed by atoms with Crippen molar-refractivity contribution >= 4 is 32.8 Å². The molecule has 0 saturated carbocycles. The van der Waals surface area contributed by atoms with Gasteiger partial charge in [0.15, 0.2) is 0 Å². The molecular formula is C16H18N4O3S2. The van der Waals surface area contributed by atoms with Crippen LogP contribution in [-0.2, 0) is 16.4 Å². The third-order valence-electron chi connectivity index (χ3n) is 4.68. The molecule has 132 valence electrons. The Balaban J connectivity index is 1.82. The van der Waals surface area contributed by atoms with Crippen LogP contribution < -0.4 is 0 Å². The first kappa shape index (κ1) is 16.6. The second kappa shape index (κ2) is 6.15. The Hall–Kier alpha value is -1.84. The van der Waals surface area contributed by atoms with E-state index in [9.17, 15) is 8.42 Å². The van der Waals surface area contributed by atoms with E-state index in [4.69, 9.17) is 4.52 Å². The molecule has 0 aliphatic carbocycles. The summed E-state index contributed by atoms with van der Waals surface area (Å²) >= 11 is 1.02. The van der Waals surface area contributed by atoms with Gasteiger partial charge in [-0.1, -0.05) is 18.1 Å². The molecule has 0 bridgehead atoms. The van der Waals surface area contributed by atoms with Crippen LogP contribution in [0.5, 0.6) is 0 Å². The highest BCUT2D eigenvalue weighted by Crippen LogP contribution is 2.40. The van der Waals surface area contributed by atoms with E-state index in [1.807, 2.05) is 13.8 Å². The molecule has 1 aliphatic heterocycles. The number of hydrogen-bond acceptors (Lipinski definition) is 7. The predicted molar refractivity (Wildman–Crippen MR) is 93.9 cm³/mol. The first-order chi connectivity index (χ1) is 12.0. The summed E-state index contributed by atoms with van der Waals surface area (Å²) in [6.07, 6.45) is 2.26. The van der Waals surface area contributed by atoms with Gasteiger partial charge in [0.05, 0.1) is 23.5 Å². The van der Waals surface area contributed by atoms with Gasteiger partial charge in [0.25, 0.3) is 0 Å². The minimum atomic E-state index is -3.68. The number of nitrogens with zero attached hydrogens (tertiary/aromatic N) is 4. The molecule has 0 N–H and O–H groups in total. The summed E-state index contributed by atoms with van der Waals surface area (Å²) in [5, 5.41) is 4.05. The quantitative estimate of drug-likeness (QED) is 0.693. The monoisotopic (exact) mass is 378 g/mol. The first-order valence-electron chi connectivity index (χ1n) is 8.22. The molecule has 7 nitrogen and oxygen atoms in total. The summed E-state index contributed by atoms with van der Waals surface area (Å²) in [5.41, 5.74) is 2.72. The topological polar surface area (TPSA) is 89.2 Å². The second-order valence-corrected chi connectivity index (χ2v) is 8.51. The molecule has 1 saturated heterocycles. The molecule has 0 unspecified atom stereocenters. The van der Waals surface area contributed by atoms with E-state index in [1.54, 1.807) is 22.5 Å². The van der Waals surface area contributed by atoms with Gasteiger partial charge >= 0.3 is 0 Å². The van der Waals surface area contributed by atoms with Crippen LogP contribution in [0.4, 0.5) is 0 Å². The van der Waals surface area contributed by atoms with Crippen molar-refractivity contribution in [2.75, 3.05) is 6.54 Å². The van der Waals surface area contributed by atoms with Gasteiger partial charge in [0, 0.05) is 18.5 Å². The van der Waals surface area contributed by atoms with Gasteiger partial charge in [0.2, 0.25) is 10.0 Å². The van der Waals surface area contributed by atoms with Crippen molar-refractivity contribution in [2.24, 2.45) is 0 Å². The van der Waals surface area contributed by atoms with Crippen LogP contribution in [0.25, 0.3) is 11.0 Å². The van der Waals surface area contributed by atoms with E-state index in [1.165, 1.54) is 0 Å². The van der Waals surface area contributed by atoms with Crippen molar-refractivity contribution in [1.29, 1.82) is 0 Å². The molecule has 1 aliphatic rings. The van der Waals surface area contributed by atoms with Gasteiger partial charge in [-0.15, -0.1) is 0 Å². The standard InChI is InChI=1S/C16H18N4O3S2/c1-3-13-15(10(2)17-23-13)12-7-5-9-20(12)25(21,22)14-8-4-6-11-16(14)19-24-18-11/h4,6,8,12H,3,5,7,9H2,1-2H3/t12-/m0/s1. The Labute approximate surface area is 150 Å². The minimum Gasteiger partial charge on any atom is -0.361 e. The Bertz CT molecular complexity index is 1030. The minimum absolute atomic E-state index is 0.220. The smallest absolute Gasteiger partial charge is 0.245 e. The van der Waals surface area contributed by atoms with Gasteiger partial charge in [-0.25, -0.2) is 8.42 Å². The zero-order valence-corrected chi connectivity index (χ0v) is 15.6. The van der Waals surface area contributed by atoms with E-state index in [-0.39, 0.29) is 10.9 Å². The summed E-state index contributed by atoms with van der Waals surface area (Å²) in [7, 11) is -3.68. The SMILES string of the molecule is CCc1onc(C)c1[C@@H]1CCCN1S(=O)(=O)c1cccc2nsnc12. The molecule has 3 aromatic rings. The van der Waals surface area contributed by atoms with E-state index in [0.717, 1.165) is 41.6 Å².